The molecular formula is C24H29N7. The number of anilines is 2. The van der Waals surface area contributed by atoms with Crippen molar-refractivity contribution in [3.63, 3.8) is 0 Å². The molecule has 7 heteroatoms. The average Bonchev–Trinajstić information content (AvgIpc) is 2.83. The van der Waals surface area contributed by atoms with E-state index in [0.717, 1.165) is 54.8 Å². The Balaban J connectivity index is 1.36. The minimum absolute atomic E-state index is 0.373. The Hall–Kier alpha value is -3.45. The number of allylic oxidation sites excluding steroid dienone is 1. The number of para-hydroxylation sites is 2. The lowest BCUT2D eigenvalue weighted by Crippen LogP contribution is -2.41. The summed E-state index contributed by atoms with van der Waals surface area (Å²) in [5.74, 6) is 0. The first-order chi connectivity index (χ1) is 15.3. The Morgan fingerprint density at radius 1 is 1.13 bits per heavy atom. The molecule has 3 aromatic rings. The van der Waals surface area contributed by atoms with Crippen LogP contribution in [0.3, 0.4) is 0 Å². The summed E-state index contributed by atoms with van der Waals surface area (Å²) >= 11 is 0. The predicted molar refractivity (Wildman–Crippen MR) is 129 cm³/mol. The van der Waals surface area contributed by atoms with Crippen LogP contribution in [0.2, 0.25) is 0 Å². The summed E-state index contributed by atoms with van der Waals surface area (Å²) in [4.78, 5) is 11.5. The zero-order valence-electron chi connectivity index (χ0n) is 17.6. The molecule has 7 nitrogen and oxygen atoms in total. The molecule has 1 aliphatic heterocycles. The van der Waals surface area contributed by atoms with Gasteiger partial charge in [0.05, 0.1) is 22.9 Å². The standard InChI is InChI=1S/C24H29N7/c25-10-11-27-20-4-3-5-21(14-20)31-12-8-19(9-13-31)28-16-18(15-26)24-17-29-22-6-1-2-7-23(22)30-24/h1-7,14-17,19,26-28H,8-13,25H2/b18-16+,26-15?. The van der Waals surface area contributed by atoms with Crippen LogP contribution in [0.25, 0.3) is 16.6 Å². The van der Waals surface area contributed by atoms with Gasteiger partial charge in [0, 0.05) is 61.6 Å². The highest BCUT2D eigenvalue weighted by molar-refractivity contribution is 6.07. The molecule has 2 aromatic carbocycles. The Bertz CT molecular complexity index is 1050. The fourth-order valence-electron chi connectivity index (χ4n) is 3.83. The second-order valence-corrected chi connectivity index (χ2v) is 7.68. The molecule has 1 saturated heterocycles. The molecule has 1 aromatic heterocycles. The van der Waals surface area contributed by atoms with E-state index in [4.69, 9.17) is 11.1 Å². The van der Waals surface area contributed by atoms with Crippen LogP contribution in [0.1, 0.15) is 18.5 Å². The van der Waals surface area contributed by atoms with Gasteiger partial charge in [-0.2, -0.15) is 0 Å². The van der Waals surface area contributed by atoms with Gasteiger partial charge in [-0.3, -0.25) is 4.98 Å². The normalized spacial score (nSPS) is 15.1. The number of rotatable bonds is 8. The number of nitrogens with one attached hydrogen (secondary N) is 3. The second kappa shape index (κ2) is 10.0. The summed E-state index contributed by atoms with van der Waals surface area (Å²) in [6.07, 6.45) is 7.04. The smallest absolute Gasteiger partial charge is 0.0922 e. The number of fused-ring (bicyclic) bond motifs is 1. The van der Waals surface area contributed by atoms with Crippen LogP contribution in [0.5, 0.6) is 0 Å². The van der Waals surface area contributed by atoms with Gasteiger partial charge in [0.2, 0.25) is 0 Å². The number of benzene rings is 2. The number of aromatic nitrogens is 2. The zero-order valence-corrected chi connectivity index (χ0v) is 17.6. The van der Waals surface area contributed by atoms with Crippen LogP contribution in [0, 0.1) is 5.41 Å². The molecule has 1 fully saturated rings. The number of piperidine rings is 1. The van der Waals surface area contributed by atoms with E-state index in [1.165, 1.54) is 11.9 Å². The minimum atomic E-state index is 0.373. The van der Waals surface area contributed by atoms with Crippen LogP contribution < -0.4 is 21.3 Å². The van der Waals surface area contributed by atoms with E-state index in [1.54, 1.807) is 6.20 Å². The highest BCUT2D eigenvalue weighted by atomic mass is 15.1. The molecule has 0 amide bonds. The van der Waals surface area contributed by atoms with Crippen molar-refractivity contribution in [1.82, 2.24) is 15.3 Å². The molecule has 31 heavy (non-hydrogen) atoms. The first-order valence-corrected chi connectivity index (χ1v) is 10.7. The topological polar surface area (TPSA) is 103 Å². The number of hydrogen-bond donors (Lipinski definition) is 4. The second-order valence-electron chi connectivity index (χ2n) is 7.68. The van der Waals surface area contributed by atoms with E-state index in [9.17, 15) is 0 Å². The lowest BCUT2D eigenvalue weighted by atomic mass is 10.0. The molecule has 0 unspecified atom stereocenters. The number of nitrogens with two attached hydrogens (primary N) is 1. The Kier molecular flexibility index (Phi) is 6.74. The first kappa shape index (κ1) is 20.8. The summed E-state index contributed by atoms with van der Waals surface area (Å²) in [6.45, 7) is 3.37. The van der Waals surface area contributed by atoms with Crippen molar-refractivity contribution in [3.8, 4) is 0 Å². The maximum Gasteiger partial charge on any atom is 0.0922 e. The predicted octanol–water partition coefficient (Wildman–Crippen LogP) is 3.25. The monoisotopic (exact) mass is 415 g/mol. The largest absolute Gasteiger partial charge is 0.387 e. The van der Waals surface area contributed by atoms with Crippen molar-refractivity contribution in [2.75, 3.05) is 36.4 Å². The zero-order chi connectivity index (χ0) is 21.5. The quantitative estimate of drug-likeness (QED) is 0.421. The lowest BCUT2D eigenvalue weighted by Gasteiger charge is -2.34. The van der Waals surface area contributed by atoms with Crippen LogP contribution in [-0.4, -0.2) is 48.4 Å². The van der Waals surface area contributed by atoms with E-state index < -0.39 is 0 Å². The van der Waals surface area contributed by atoms with Crippen LogP contribution >= 0.6 is 0 Å². The summed E-state index contributed by atoms with van der Waals surface area (Å²) in [7, 11) is 0. The van der Waals surface area contributed by atoms with Crippen molar-refractivity contribution >= 4 is 34.2 Å². The molecule has 0 bridgehead atoms. The molecule has 0 radical (unpaired) electrons. The van der Waals surface area contributed by atoms with Crippen molar-refractivity contribution in [3.05, 3.63) is 66.6 Å². The molecule has 2 heterocycles. The maximum absolute atomic E-state index is 7.81. The Morgan fingerprint density at radius 2 is 1.94 bits per heavy atom. The fourth-order valence-corrected chi connectivity index (χ4v) is 3.83. The van der Waals surface area contributed by atoms with E-state index in [-0.39, 0.29) is 0 Å². The van der Waals surface area contributed by atoms with Crippen molar-refractivity contribution < 1.29 is 0 Å². The Morgan fingerprint density at radius 3 is 2.71 bits per heavy atom. The molecular weight excluding hydrogens is 386 g/mol. The van der Waals surface area contributed by atoms with Gasteiger partial charge in [-0.25, -0.2) is 4.98 Å². The molecule has 0 spiro atoms. The maximum atomic E-state index is 7.81. The van der Waals surface area contributed by atoms with Crippen LogP contribution in [0.4, 0.5) is 11.4 Å². The molecule has 0 aliphatic carbocycles. The SMILES string of the molecule is N=C/C(=C\NC1CCN(c2cccc(NCCN)c2)CC1)c1cnc2ccccc2n1. The Labute approximate surface area is 182 Å². The summed E-state index contributed by atoms with van der Waals surface area (Å²) < 4.78 is 0. The molecule has 1 aliphatic rings. The highest BCUT2D eigenvalue weighted by Gasteiger charge is 2.19. The number of hydrogen-bond acceptors (Lipinski definition) is 7. The fraction of sp³-hybridized carbons (Fsp3) is 0.292. The average molecular weight is 416 g/mol. The van der Waals surface area contributed by atoms with Gasteiger partial charge in [0.15, 0.2) is 0 Å². The molecule has 4 rings (SSSR count). The van der Waals surface area contributed by atoms with Crippen molar-refractivity contribution in [2.24, 2.45) is 5.73 Å². The van der Waals surface area contributed by atoms with Gasteiger partial charge < -0.3 is 26.7 Å². The van der Waals surface area contributed by atoms with Gasteiger partial charge >= 0.3 is 0 Å². The van der Waals surface area contributed by atoms with E-state index in [0.29, 0.717) is 18.3 Å². The third-order valence-electron chi connectivity index (χ3n) is 5.55. The third-order valence-corrected chi connectivity index (χ3v) is 5.55. The number of nitrogens with zero attached hydrogens (tertiary/aromatic N) is 3. The van der Waals surface area contributed by atoms with Gasteiger partial charge in [-0.1, -0.05) is 18.2 Å². The minimum Gasteiger partial charge on any atom is -0.387 e. The third kappa shape index (κ3) is 5.19. The molecule has 5 N–H and O–H groups in total. The molecule has 0 atom stereocenters. The van der Waals surface area contributed by atoms with Gasteiger partial charge in [-0.05, 0) is 43.2 Å². The summed E-state index contributed by atoms with van der Waals surface area (Å²) in [5, 5.41) is 14.7. The van der Waals surface area contributed by atoms with E-state index in [1.807, 2.05) is 30.5 Å². The molecule has 0 saturated carbocycles. The van der Waals surface area contributed by atoms with E-state index >= 15 is 0 Å². The first-order valence-electron chi connectivity index (χ1n) is 10.7. The van der Waals surface area contributed by atoms with Crippen LogP contribution in [0.15, 0.2) is 60.9 Å². The molecule has 160 valence electrons. The summed E-state index contributed by atoms with van der Waals surface area (Å²) in [6, 6.07) is 16.7. The van der Waals surface area contributed by atoms with Crippen LogP contribution in [-0.2, 0) is 0 Å². The lowest BCUT2D eigenvalue weighted by molar-refractivity contribution is 0.455. The summed E-state index contributed by atoms with van der Waals surface area (Å²) in [5.41, 5.74) is 11.1. The van der Waals surface area contributed by atoms with Gasteiger partial charge in [0.1, 0.15) is 0 Å². The highest BCUT2D eigenvalue weighted by Crippen LogP contribution is 2.23. The van der Waals surface area contributed by atoms with E-state index in [2.05, 4.69) is 49.8 Å². The van der Waals surface area contributed by atoms with Crippen molar-refractivity contribution in [1.29, 1.82) is 5.41 Å². The van der Waals surface area contributed by atoms with Gasteiger partial charge in [-0.15, -0.1) is 0 Å². The van der Waals surface area contributed by atoms with Crippen molar-refractivity contribution in [2.45, 2.75) is 18.9 Å². The van der Waals surface area contributed by atoms with Gasteiger partial charge in [0.25, 0.3) is 0 Å².